The Bertz CT molecular complexity index is 1140. The molecule has 29 heavy (non-hydrogen) atoms. The first-order valence-corrected chi connectivity index (χ1v) is 10.2. The number of carbonyl (C=O) groups is 1. The molecular formula is C22H19N3O3S. The highest BCUT2D eigenvalue weighted by atomic mass is 32.2. The quantitative estimate of drug-likeness (QED) is 0.620. The van der Waals surface area contributed by atoms with Crippen molar-refractivity contribution < 1.29 is 14.3 Å². The molecule has 0 saturated heterocycles. The fraction of sp³-hybridized carbons (Fsp3) is 0.227. The highest BCUT2D eigenvalue weighted by molar-refractivity contribution is 8.00. The lowest BCUT2D eigenvalue weighted by molar-refractivity contribution is -0.113. The standard InChI is InChI=1S/C22H19N3O3S/c1-13(2)14-3-5-18-15(7-14)8-16(10-23)22(25-18)29-11-21(26)24-17-4-6-19-20(9-17)28-12-27-19/h3-9,13H,11-12H2,1-2H3,(H,24,26). The van der Waals surface area contributed by atoms with Gasteiger partial charge in [-0.1, -0.05) is 31.7 Å². The minimum atomic E-state index is -0.185. The number of hydrogen-bond donors (Lipinski definition) is 1. The van der Waals surface area contributed by atoms with Crippen molar-refractivity contribution in [1.82, 2.24) is 4.98 Å². The van der Waals surface area contributed by atoms with E-state index in [1.165, 1.54) is 17.3 Å². The number of pyridine rings is 1. The normalized spacial score (nSPS) is 12.2. The minimum absolute atomic E-state index is 0.145. The number of rotatable bonds is 5. The van der Waals surface area contributed by atoms with Crippen LogP contribution in [0.4, 0.5) is 5.69 Å². The second-order valence-corrected chi connectivity index (χ2v) is 7.93. The molecule has 1 aliphatic heterocycles. The minimum Gasteiger partial charge on any atom is -0.454 e. The number of fused-ring (bicyclic) bond motifs is 2. The fourth-order valence-corrected chi connectivity index (χ4v) is 3.79. The van der Waals surface area contributed by atoms with Crippen LogP contribution in [0, 0.1) is 11.3 Å². The second-order valence-electron chi connectivity index (χ2n) is 6.96. The molecule has 0 fully saturated rings. The molecule has 1 aromatic heterocycles. The van der Waals surface area contributed by atoms with Gasteiger partial charge in [0, 0.05) is 17.1 Å². The van der Waals surface area contributed by atoms with Crippen LogP contribution in [0.2, 0.25) is 0 Å². The third kappa shape index (κ3) is 4.13. The van der Waals surface area contributed by atoms with Crippen LogP contribution in [0.1, 0.15) is 30.9 Å². The number of anilines is 1. The maximum atomic E-state index is 12.4. The highest BCUT2D eigenvalue weighted by Gasteiger charge is 2.15. The number of amides is 1. The van der Waals surface area contributed by atoms with Crippen LogP contribution in [0.15, 0.2) is 47.5 Å². The van der Waals surface area contributed by atoms with Gasteiger partial charge in [-0.05, 0) is 41.8 Å². The van der Waals surface area contributed by atoms with Crippen LogP contribution in [0.25, 0.3) is 10.9 Å². The van der Waals surface area contributed by atoms with E-state index in [0.29, 0.717) is 33.7 Å². The van der Waals surface area contributed by atoms with Crippen LogP contribution < -0.4 is 14.8 Å². The molecule has 0 bridgehead atoms. The highest BCUT2D eigenvalue weighted by Crippen LogP contribution is 2.34. The maximum absolute atomic E-state index is 12.4. The molecular weight excluding hydrogens is 386 g/mol. The van der Waals surface area contributed by atoms with Crippen molar-refractivity contribution in [2.24, 2.45) is 0 Å². The largest absolute Gasteiger partial charge is 0.454 e. The average molecular weight is 405 g/mol. The maximum Gasteiger partial charge on any atom is 0.234 e. The molecule has 4 rings (SSSR count). The Hall–Kier alpha value is -3.24. The second kappa shape index (κ2) is 8.02. The number of ether oxygens (including phenoxy) is 2. The predicted octanol–water partition coefficient (Wildman–Crippen LogP) is 4.69. The van der Waals surface area contributed by atoms with E-state index in [9.17, 15) is 10.1 Å². The van der Waals surface area contributed by atoms with Crippen LogP contribution in [0.3, 0.4) is 0 Å². The van der Waals surface area contributed by atoms with Crippen molar-refractivity contribution in [2.75, 3.05) is 17.9 Å². The fourth-order valence-electron chi connectivity index (χ4n) is 3.03. The first kappa shape index (κ1) is 19.1. The van der Waals surface area contributed by atoms with Crippen LogP contribution >= 0.6 is 11.8 Å². The number of hydrogen-bond acceptors (Lipinski definition) is 6. The van der Waals surface area contributed by atoms with E-state index in [1.807, 2.05) is 18.2 Å². The summed E-state index contributed by atoms with van der Waals surface area (Å²) in [6.45, 7) is 4.44. The molecule has 0 atom stereocenters. The predicted molar refractivity (Wildman–Crippen MR) is 112 cm³/mol. The smallest absolute Gasteiger partial charge is 0.234 e. The Balaban J connectivity index is 1.47. The van der Waals surface area contributed by atoms with E-state index in [0.717, 1.165) is 10.9 Å². The van der Waals surface area contributed by atoms with Gasteiger partial charge in [-0.2, -0.15) is 5.26 Å². The lowest BCUT2D eigenvalue weighted by atomic mass is 10.0. The number of aromatic nitrogens is 1. The van der Waals surface area contributed by atoms with Crippen molar-refractivity contribution in [3.63, 3.8) is 0 Å². The van der Waals surface area contributed by atoms with Crippen molar-refractivity contribution in [3.05, 3.63) is 53.6 Å². The van der Waals surface area contributed by atoms with Gasteiger partial charge in [-0.3, -0.25) is 4.79 Å². The molecule has 3 aromatic rings. The number of nitriles is 1. The third-order valence-corrected chi connectivity index (χ3v) is 5.58. The van der Waals surface area contributed by atoms with Crippen LogP contribution in [-0.4, -0.2) is 23.4 Å². The van der Waals surface area contributed by atoms with Gasteiger partial charge in [-0.15, -0.1) is 0 Å². The molecule has 0 unspecified atom stereocenters. The zero-order valence-corrected chi connectivity index (χ0v) is 16.9. The van der Waals surface area contributed by atoms with Crippen molar-refractivity contribution in [3.8, 4) is 17.6 Å². The van der Waals surface area contributed by atoms with Gasteiger partial charge in [0.15, 0.2) is 11.5 Å². The summed E-state index contributed by atoms with van der Waals surface area (Å²) in [4.78, 5) is 17.0. The summed E-state index contributed by atoms with van der Waals surface area (Å²) in [6, 6.07) is 15.4. The SMILES string of the molecule is CC(C)c1ccc2nc(SCC(=O)Nc3ccc4c(c3)OCO4)c(C#N)cc2c1. The Morgan fingerprint density at radius 2 is 2.03 bits per heavy atom. The first-order valence-electron chi connectivity index (χ1n) is 9.20. The Labute approximate surface area is 172 Å². The van der Waals surface area contributed by atoms with Crippen molar-refractivity contribution in [1.29, 1.82) is 5.26 Å². The number of nitrogens with one attached hydrogen (secondary N) is 1. The summed E-state index contributed by atoms with van der Waals surface area (Å²) in [7, 11) is 0. The van der Waals surface area contributed by atoms with E-state index in [2.05, 4.69) is 36.3 Å². The van der Waals surface area contributed by atoms with Crippen molar-refractivity contribution in [2.45, 2.75) is 24.8 Å². The molecule has 0 aliphatic carbocycles. The zero-order valence-electron chi connectivity index (χ0n) is 16.1. The molecule has 2 aromatic carbocycles. The number of nitrogens with zero attached hydrogens (tertiary/aromatic N) is 2. The van der Waals surface area contributed by atoms with Crippen molar-refractivity contribution >= 4 is 34.3 Å². The molecule has 2 heterocycles. The summed E-state index contributed by atoms with van der Waals surface area (Å²) >= 11 is 1.25. The molecule has 1 N–H and O–H groups in total. The number of carbonyl (C=O) groups excluding carboxylic acids is 1. The molecule has 146 valence electrons. The lowest BCUT2D eigenvalue weighted by Crippen LogP contribution is -2.14. The molecule has 1 aliphatic rings. The molecule has 6 nitrogen and oxygen atoms in total. The topological polar surface area (TPSA) is 84.2 Å². The lowest BCUT2D eigenvalue weighted by Gasteiger charge is -2.09. The number of thioether (sulfide) groups is 1. The van der Waals surface area contributed by atoms with Gasteiger partial charge in [0.25, 0.3) is 0 Å². The van der Waals surface area contributed by atoms with Gasteiger partial charge in [-0.25, -0.2) is 4.98 Å². The van der Waals surface area contributed by atoms with Crippen LogP contribution in [-0.2, 0) is 4.79 Å². The van der Waals surface area contributed by atoms with Gasteiger partial charge >= 0.3 is 0 Å². The van der Waals surface area contributed by atoms with E-state index in [1.54, 1.807) is 18.2 Å². The summed E-state index contributed by atoms with van der Waals surface area (Å²) in [6.07, 6.45) is 0. The third-order valence-electron chi connectivity index (χ3n) is 4.59. The molecule has 0 radical (unpaired) electrons. The molecule has 0 saturated carbocycles. The molecule has 1 amide bonds. The van der Waals surface area contributed by atoms with Gasteiger partial charge in [0.2, 0.25) is 12.7 Å². The summed E-state index contributed by atoms with van der Waals surface area (Å²) in [5, 5.41) is 13.8. The Morgan fingerprint density at radius 3 is 2.83 bits per heavy atom. The Morgan fingerprint density at radius 1 is 1.21 bits per heavy atom. The van der Waals surface area contributed by atoms with E-state index in [-0.39, 0.29) is 18.5 Å². The van der Waals surface area contributed by atoms with E-state index < -0.39 is 0 Å². The first-order chi connectivity index (χ1) is 14.0. The monoisotopic (exact) mass is 405 g/mol. The van der Waals surface area contributed by atoms with Gasteiger partial charge in [0.05, 0.1) is 16.8 Å². The van der Waals surface area contributed by atoms with Gasteiger partial charge < -0.3 is 14.8 Å². The average Bonchev–Trinajstić information content (AvgIpc) is 3.18. The van der Waals surface area contributed by atoms with Crippen LogP contribution in [0.5, 0.6) is 11.5 Å². The van der Waals surface area contributed by atoms with E-state index >= 15 is 0 Å². The van der Waals surface area contributed by atoms with E-state index in [4.69, 9.17) is 9.47 Å². The Kier molecular flexibility index (Phi) is 5.28. The number of benzene rings is 2. The van der Waals surface area contributed by atoms with Gasteiger partial charge in [0.1, 0.15) is 11.1 Å². The zero-order chi connectivity index (χ0) is 20.4. The summed E-state index contributed by atoms with van der Waals surface area (Å²) in [5.41, 5.74) is 3.12. The molecule has 0 spiro atoms. The summed E-state index contributed by atoms with van der Waals surface area (Å²) in [5.74, 6) is 1.64. The summed E-state index contributed by atoms with van der Waals surface area (Å²) < 4.78 is 10.6. The molecule has 7 heteroatoms.